The molecule has 2 amide bonds. The van der Waals surface area contributed by atoms with Gasteiger partial charge in [0.2, 0.25) is 11.8 Å². The molecule has 1 aliphatic heterocycles. The van der Waals surface area contributed by atoms with Crippen LogP contribution in [0.4, 0.5) is 10.1 Å². The van der Waals surface area contributed by atoms with Crippen LogP contribution in [-0.4, -0.2) is 44.0 Å². The fraction of sp³-hybridized carbons (Fsp3) is 0.364. The first-order chi connectivity index (χ1) is 14.0. The highest BCUT2D eigenvalue weighted by atomic mass is 19.1. The Labute approximate surface area is 169 Å². The number of ether oxygens (including phenoxy) is 2. The summed E-state index contributed by atoms with van der Waals surface area (Å²) in [5, 5.41) is 2.90. The smallest absolute Gasteiger partial charge is 0.229 e. The summed E-state index contributed by atoms with van der Waals surface area (Å²) >= 11 is 0. The summed E-state index contributed by atoms with van der Waals surface area (Å²) in [5.41, 5.74) is 1.29. The Bertz CT molecular complexity index is 870. The zero-order valence-corrected chi connectivity index (χ0v) is 16.6. The summed E-state index contributed by atoms with van der Waals surface area (Å²) in [7, 11) is 3.09. The molecule has 1 heterocycles. The summed E-state index contributed by atoms with van der Waals surface area (Å²) < 4.78 is 23.6. The van der Waals surface area contributed by atoms with Gasteiger partial charge in [-0.2, -0.15) is 0 Å². The molecule has 1 saturated heterocycles. The Morgan fingerprint density at radius 3 is 2.59 bits per heavy atom. The molecule has 7 heteroatoms. The van der Waals surface area contributed by atoms with Crippen LogP contribution in [0.15, 0.2) is 42.5 Å². The minimum absolute atomic E-state index is 0.0620. The number of piperidine rings is 1. The average molecular weight is 400 g/mol. The van der Waals surface area contributed by atoms with Crippen LogP contribution in [0.1, 0.15) is 18.4 Å². The third-order valence-corrected chi connectivity index (χ3v) is 5.08. The van der Waals surface area contributed by atoms with Gasteiger partial charge in [0.25, 0.3) is 0 Å². The van der Waals surface area contributed by atoms with Crippen LogP contribution in [0, 0.1) is 11.7 Å². The van der Waals surface area contributed by atoms with E-state index in [2.05, 4.69) is 5.32 Å². The van der Waals surface area contributed by atoms with Crippen molar-refractivity contribution in [3.8, 4) is 11.5 Å². The Hall–Kier alpha value is -3.09. The van der Waals surface area contributed by atoms with Crippen LogP contribution >= 0.6 is 0 Å². The Morgan fingerprint density at radius 1 is 1.14 bits per heavy atom. The Balaban J connectivity index is 1.63. The van der Waals surface area contributed by atoms with Crippen molar-refractivity contribution < 1.29 is 23.5 Å². The number of benzene rings is 2. The number of anilines is 1. The number of likely N-dealkylation sites (tertiary alicyclic amines) is 1. The molecule has 0 aromatic heterocycles. The lowest BCUT2D eigenvalue weighted by atomic mass is 9.96. The lowest BCUT2D eigenvalue weighted by Crippen LogP contribution is -2.44. The van der Waals surface area contributed by atoms with Gasteiger partial charge >= 0.3 is 0 Å². The second-order valence-corrected chi connectivity index (χ2v) is 7.04. The Morgan fingerprint density at radius 2 is 1.90 bits per heavy atom. The number of hydrogen-bond acceptors (Lipinski definition) is 4. The van der Waals surface area contributed by atoms with E-state index in [1.54, 1.807) is 42.3 Å². The minimum Gasteiger partial charge on any atom is -0.497 e. The monoisotopic (exact) mass is 400 g/mol. The highest BCUT2D eigenvalue weighted by molar-refractivity contribution is 5.94. The number of nitrogens with one attached hydrogen (secondary N) is 1. The molecule has 1 unspecified atom stereocenters. The number of carbonyl (C=O) groups is 2. The highest BCUT2D eigenvalue weighted by Gasteiger charge is 2.29. The number of amides is 2. The van der Waals surface area contributed by atoms with E-state index in [1.807, 2.05) is 0 Å². The minimum atomic E-state index is -0.330. The van der Waals surface area contributed by atoms with Gasteiger partial charge in [-0.25, -0.2) is 4.39 Å². The van der Waals surface area contributed by atoms with E-state index in [4.69, 9.17) is 9.47 Å². The number of nitrogens with zero attached hydrogens (tertiary/aromatic N) is 1. The summed E-state index contributed by atoms with van der Waals surface area (Å²) in [6.07, 6.45) is 1.65. The first-order valence-corrected chi connectivity index (χ1v) is 9.55. The van der Waals surface area contributed by atoms with Crippen molar-refractivity contribution in [2.24, 2.45) is 5.92 Å². The van der Waals surface area contributed by atoms with Crippen molar-refractivity contribution >= 4 is 17.5 Å². The fourth-order valence-electron chi connectivity index (χ4n) is 3.45. The lowest BCUT2D eigenvalue weighted by molar-refractivity contribution is -0.133. The molecular weight excluding hydrogens is 375 g/mol. The first-order valence-electron chi connectivity index (χ1n) is 9.55. The largest absolute Gasteiger partial charge is 0.497 e. The summed E-state index contributed by atoms with van der Waals surface area (Å²) in [4.78, 5) is 27.1. The van der Waals surface area contributed by atoms with Gasteiger partial charge < -0.3 is 19.7 Å². The van der Waals surface area contributed by atoms with E-state index in [0.29, 0.717) is 36.7 Å². The van der Waals surface area contributed by atoms with E-state index in [-0.39, 0.29) is 30.0 Å². The zero-order valence-electron chi connectivity index (χ0n) is 16.6. The van der Waals surface area contributed by atoms with Crippen LogP contribution in [0.2, 0.25) is 0 Å². The molecule has 0 saturated carbocycles. The van der Waals surface area contributed by atoms with Crippen LogP contribution in [0.3, 0.4) is 0 Å². The van der Waals surface area contributed by atoms with E-state index in [9.17, 15) is 14.0 Å². The molecular formula is C22H25FN2O4. The topological polar surface area (TPSA) is 67.9 Å². The van der Waals surface area contributed by atoms with Gasteiger partial charge in [-0.05, 0) is 42.7 Å². The molecule has 3 rings (SSSR count). The van der Waals surface area contributed by atoms with Crippen LogP contribution in [0.25, 0.3) is 0 Å². The molecule has 1 atom stereocenters. The molecule has 1 N–H and O–H groups in total. The van der Waals surface area contributed by atoms with Gasteiger partial charge in [-0.15, -0.1) is 0 Å². The van der Waals surface area contributed by atoms with E-state index in [0.717, 1.165) is 12.0 Å². The second-order valence-electron chi connectivity index (χ2n) is 7.04. The molecule has 0 aliphatic carbocycles. The SMILES string of the molecule is COc1ccc(OC)c(NC(=O)C2CCCN(C(=O)Cc3ccc(F)cc3)C2)c1. The van der Waals surface area contributed by atoms with Gasteiger partial charge in [0.1, 0.15) is 17.3 Å². The summed E-state index contributed by atoms with van der Waals surface area (Å²) in [5.74, 6) is 0.296. The van der Waals surface area contributed by atoms with Crippen molar-refractivity contribution in [2.75, 3.05) is 32.6 Å². The summed E-state index contributed by atoms with van der Waals surface area (Å²) in [6.45, 7) is 0.977. The first kappa shape index (κ1) is 20.6. The molecule has 1 aliphatic rings. The van der Waals surface area contributed by atoms with Gasteiger partial charge in [0.05, 0.1) is 32.2 Å². The van der Waals surface area contributed by atoms with E-state index >= 15 is 0 Å². The van der Waals surface area contributed by atoms with Crippen molar-refractivity contribution in [3.63, 3.8) is 0 Å². The van der Waals surface area contributed by atoms with Crippen LogP contribution < -0.4 is 14.8 Å². The molecule has 1 fully saturated rings. The quantitative estimate of drug-likeness (QED) is 0.808. The fourth-order valence-corrected chi connectivity index (χ4v) is 3.45. The highest BCUT2D eigenvalue weighted by Crippen LogP contribution is 2.30. The number of hydrogen-bond donors (Lipinski definition) is 1. The van der Waals surface area contributed by atoms with Crippen molar-refractivity contribution in [2.45, 2.75) is 19.3 Å². The van der Waals surface area contributed by atoms with Gasteiger partial charge in [0, 0.05) is 19.2 Å². The maximum absolute atomic E-state index is 13.0. The molecule has 2 aromatic carbocycles. The zero-order chi connectivity index (χ0) is 20.8. The van der Waals surface area contributed by atoms with Crippen LogP contribution in [0.5, 0.6) is 11.5 Å². The predicted octanol–water partition coefficient (Wildman–Crippen LogP) is 3.26. The third kappa shape index (κ3) is 5.25. The standard InChI is InChI=1S/C22H25FN2O4/c1-28-18-9-10-20(29-2)19(13-18)24-22(27)16-4-3-11-25(14-16)21(26)12-15-5-7-17(23)8-6-15/h5-10,13,16H,3-4,11-12,14H2,1-2H3,(H,24,27). The molecule has 0 bridgehead atoms. The predicted molar refractivity (Wildman–Crippen MR) is 108 cm³/mol. The number of methoxy groups -OCH3 is 2. The third-order valence-electron chi connectivity index (χ3n) is 5.08. The van der Waals surface area contributed by atoms with Gasteiger partial charge in [-0.3, -0.25) is 9.59 Å². The molecule has 154 valence electrons. The number of rotatable bonds is 6. The molecule has 0 radical (unpaired) electrons. The van der Waals surface area contributed by atoms with Gasteiger partial charge in [0.15, 0.2) is 0 Å². The van der Waals surface area contributed by atoms with E-state index < -0.39 is 0 Å². The second kappa shape index (κ2) is 9.41. The molecule has 6 nitrogen and oxygen atoms in total. The summed E-state index contributed by atoms with van der Waals surface area (Å²) in [6, 6.07) is 11.1. The molecule has 2 aromatic rings. The van der Waals surface area contributed by atoms with Crippen molar-refractivity contribution in [1.82, 2.24) is 4.90 Å². The Kier molecular flexibility index (Phi) is 6.69. The maximum atomic E-state index is 13.0. The van der Waals surface area contributed by atoms with Crippen molar-refractivity contribution in [3.05, 3.63) is 53.8 Å². The molecule has 29 heavy (non-hydrogen) atoms. The van der Waals surface area contributed by atoms with E-state index in [1.165, 1.54) is 19.2 Å². The lowest BCUT2D eigenvalue weighted by Gasteiger charge is -2.32. The van der Waals surface area contributed by atoms with Crippen LogP contribution in [-0.2, 0) is 16.0 Å². The number of halogens is 1. The number of carbonyl (C=O) groups excluding carboxylic acids is 2. The normalized spacial score (nSPS) is 16.2. The van der Waals surface area contributed by atoms with Crippen molar-refractivity contribution in [1.29, 1.82) is 0 Å². The average Bonchev–Trinajstić information content (AvgIpc) is 2.75. The maximum Gasteiger partial charge on any atom is 0.229 e. The molecule has 0 spiro atoms. The van der Waals surface area contributed by atoms with Gasteiger partial charge in [-0.1, -0.05) is 12.1 Å².